The van der Waals surface area contributed by atoms with Crippen molar-refractivity contribution in [3.05, 3.63) is 104 Å². The monoisotopic (exact) mass is 839 g/mol. The number of carbonyl (C=O) groups excluding carboxylic acids is 4. The van der Waals surface area contributed by atoms with Gasteiger partial charge in [-0.2, -0.15) is 0 Å². The lowest BCUT2D eigenvalue weighted by molar-refractivity contribution is -0.0781. The fourth-order valence-corrected chi connectivity index (χ4v) is 13.0. The van der Waals surface area contributed by atoms with E-state index in [1.54, 1.807) is 12.1 Å². The van der Waals surface area contributed by atoms with Crippen LogP contribution >= 0.6 is 0 Å². The van der Waals surface area contributed by atoms with Crippen LogP contribution in [0, 0.1) is 23.7 Å². The molecule has 0 spiro atoms. The third-order valence-corrected chi connectivity index (χ3v) is 16.3. The minimum absolute atomic E-state index is 0.0266. The molecule has 0 aromatic heterocycles. The fourth-order valence-electron chi connectivity index (χ4n) is 13.0. The Morgan fingerprint density at radius 1 is 0.452 bits per heavy atom. The Morgan fingerprint density at radius 3 is 1.18 bits per heavy atom. The van der Waals surface area contributed by atoms with Gasteiger partial charge in [0.1, 0.15) is 11.2 Å². The Labute approximate surface area is 370 Å². The molecular weight excluding hydrogens is 769 g/mol. The SMILES string of the molecule is CCCCCCCCCCCCc1cc2c(cc1CCCCCCCCCCCC)C(=O)C1C3OC(c4cc5c(cc43)C3(C)OC5(C)C4C(=O)c5ccccc5C(=O)C43)C1C2=O. The highest BCUT2D eigenvalue weighted by molar-refractivity contribution is 6.18. The second kappa shape index (κ2) is 18.0. The van der Waals surface area contributed by atoms with Crippen LogP contribution in [0.5, 0.6) is 0 Å². The van der Waals surface area contributed by atoms with Gasteiger partial charge in [-0.25, -0.2) is 0 Å². The normalized spacial score (nSPS) is 28.3. The topological polar surface area (TPSA) is 86.7 Å². The van der Waals surface area contributed by atoms with Crippen molar-refractivity contribution in [3.8, 4) is 0 Å². The number of benzene rings is 3. The highest BCUT2D eigenvalue weighted by Crippen LogP contribution is 2.69. The molecule has 8 unspecified atom stereocenters. The maximum atomic E-state index is 14.8. The summed E-state index contributed by atoms with van der Waals surface area (Å²) in [6.07, 6.45) is 26.5. The number of Topliss-reactive ketones (excluding diaryl/α,β-unsaturated/α-hetero) is 4. The standard InChI is InChI=1S/C56H70O6/c1-5-7-9-11-13-15-17-19-21-23-27-35-31-39-40(32-36(35)28-24-22-20-18-16-14-12-10-8-6-2)50(58)46-45(49(39)57)53-41-33-43-44(34-42(41)54(46)61-53)56(4)48-47(55(43,3)62-56)51(59)37-29-25-26-30-38(37)52(48)60/h25-26,29-34,45-48,53-54H,5-24,27-28H2,1-4H3. The van der Waals surface area contributed by atoms with Gasteiger partial charge in [0.15, 0.2) is 23.1 Å². The van der Waals surface area contributed by atoms with Gasteiger partial charge in [0.25, 0.3) is 0 Å². The molecule has 0 N–H and O–H groups in total. The summed E-state index contributed by atoms with van der Waals surface area (Å²) in [7, 11) is 0. The van der Waals surface area contributed by atoms with Crippen LogP contribution in [0.15, 0.2) is 48.5 Å². The van der Waals surface area contributed by atoms with E-state index in [-0.39, 0.29) is 23.1 Å². The summed E-state index contributed by atoms with van der Waals surface area (Å²) < 4.78 is 13.6. The van der Waals surface area contributed by atoms with Crippen LogP contribution in [-0.4, -0.2) is 23.1 Å². The van der Waals surface area contributed by atoms with Crippen LogP contribution in [0.4, 0.5) is 0 Å². The highest BCUT2D eigenvalue weighted by atomic mass is 16.5. The van der Waals surface area contributed by atoms with Gasteiger partial charge in [-0.15, -0.1) is 0 Å². The predicted octanol–water partition coefficient (Wildman–Crippen LogP) is 13.8. The molecule has 0 radical (unpaired) electrons. The van der Waals surface area contributed by atoms with Gasteiger partial charge in [0, 0.05) is 22.3 Å². The van der Waals surface area contributed by atoms with E-state index >= 15 is 0 Å². The molecule has 2 aliphatic carbocycles. The number of aryl methyl sites for hydroxylation is 2. The summed E-state index contributed by atoms with van der Waals surface area (Å²) in [4.78, 5) is 58.0. The molecule has 330 valence electrons. The van der Waals surface area contributed by atoms with E-state index in [1.807, 2.05) is 26.0 Å². The lowest BCUT2D eigenvalue weighted by Gasteiger charge is -2.40. The molecule has 0 saturated carbocycles. The third kappa shape index (κ3) is 7.31. The molecule has 2 fully saturated rings. The number of unbranched alkanes of at least 4 members (excludes halogenated alkanes) is 18. The van der Waals surface area contributed by atoms with Crippen molar-refractivity contribution in [1.29, 1.82) is 0 Å². The van der Waals surface area contributed by atoms with E-state index in [9.17, 15) is 19.2 Å². The van der Waals surface area contributed by atoms with Gasteiger partial charge < -0.3 is 9.47 Å². The van der Waals surface area contributed by atoms with Crippen LogP contribution in [0.2, 0.25) is 0 Å². The van der Waals surface area contributed by atoms with Gasteiger partial charge in [0.05, 0.1) is 35.9 Å². The summed E-state index contributed by atoms with van der Waals surface area (Å²) in [5, 5.41) is 0. The van der Waals surface area contributed by atoms with E-state index in [4.69, 9.17) is 9.47 Å². The molecule has 4 aliphatic heterocycles. The van der Waals surface area contributed by atoms with Crippen molar-refractivity contribution < 1.29 is 28.7 Å². The smallest absolute Gasteiger partial charge is 0.170 e. The van der Waals surface area contributed by atoms with E-state index in [2.05, 4.69) is 38.1 Å². The lowest BCUT2D eigenvalue weighted by Crippen LogP contribution is -2.49. The van der Waals surface area contributed by atoms with Crippen molar-refractivity contribution in [2.24, 2.45) is 23.7 Å². The van der Waals surface area contributed by atoms with Crippen molar-refractivity contribution in [2.45, 2.75) is 192 Å². The summed E-state index contributed by atoms with van der Waals surface area (Å²) in [6, 6.07) is 15.6. The van der Waals surface area contributed by atoms with Gasteiger partial charge in [-0.3, -0.25) is 19.2 Å². The van der Waals surface area contributed by atoms with Crippen LogP contribution in [0.25, 0.3) is 0 Å². The Morgan fingerprint density at radius 2 is 0.806 bits per heavy atom. The molecule has 6 aliphatic rings. The number of ether oxygens (including phenoxy) is 2. The Bertz CT molecular complexity index is 2070. The van der Waals surface area contributed by atoms with Crippen LogP contribution in [0.3, 0.4) is 0 Å². The minimum atomic E-state index is -1.00. The van der Waals surface area contributed by atoms with Crippen molar-refractivity contribution in [2.75, 3.05) is 0 Å². The van der Waals surface area contributed by atoms with Crippen molar-refractivity contribution >= 4 is 23.1 Å². The summed E-state index contributed by atoms with van der Waals surface area (Å²) in [5.41, 5.74) is 6.25. The fraction of sp³-hybridized carbons (Fsp3) is 0.607. The zero-order chi connectivity index (χ0) is 43.2. The van der Waals surface area contributed by atoms with Crippen molar-refractivity contribution in [3.63, 3.8) is 0 Å². The highest BCUT2D eigenvalue weighted by Gasteiger charge is 2.72. The van der Waals surface area contributed by atoms with E-state index in [0.29, 0.717) is 22.3 Å². The molecule has 0 amide bonds. The first-order chi connectivity index (χ1) is 30.1. The molecule has 2 saturated heterocycles. The zero-order valence-electron chi connectivity index (χ0n) is 38.1. The molecule has 3 aromatic carbocycles. The van der Waals surface area contributed by atoms with Gasteiger partial charge >= 0.3 is 0 Å². The number of carbonyl (C=O) groups is 4. The summed E-state index contributed by atoms with van der Waals surface area (Å²) in [6.45, 7) is 8.46. The van der Waals surface area contributed by atoms with Gasteiger partial charge in [0.2, 0.25) is 0 Å². The first-order valence-corrected chi connectivity index (χ1v) is 25.1. The molecule has 9 rings (SSSR count). The zero-order valence-corrected chi connectivity index (χ0v) is 38.1. The summed E-state index contributed by atoms with van der Waals surface area (Å²) >= 11 is 0. The molecule has 4 heterocycles. The quantitative estimate of drug-likeness (QED) is 0.0937. The molecule has 6 heteroatoms. The number of ketones is 4. The van der Waals surface area contributed by atoms with E-state index in [1.165, 1.54) is 127 Å². The molecular formula is C56H70O6. The van der Waals surface area contributed by atoms with Gasteiger partial charge in [-0.1, -0.05) is 154 Å². The largest absolute Gasteiger partial charge is 0.364 e. The van der Waals surface area contributed by atoms with Crippen LogP contribution in [0.1, 0.15) is 243 Å². The van der Waals surface area contributed by atoms with Crippen molar-refractivity contribution in [1.82, 2.24) is 0 Å². The van der Waals surface area contributed by atoms with Gasteiger partial charge in [-0.05, 0) is 97.2 Å². The maximum absolute atomic E-state index is 14.8. The summed E-state index contributed by atoms with van der Waals surface area (Å²) in [5.74, 6) is -2.48. The second-order valence-electron chi connectivity index (χ2n) is 20.4. The number of hydrogen-bond donors (Lipinski definition) is 0. The molecule has 6 nitrogen and oxygen atoms in total. The average Bonchev–Trinajstić information content (AvgIpc) is 3.98. The van der Waals surface area contributed by atoms with Crippen LogP contribution < -0.4 is 0 Å². The molecule has 62 heavy (non-hydrogen) atoms. The number of hydrogen-bond acceptors (Lipinski definition) is 6. The second-order valence-corrected chi connectivity index (χ2v) is 20.4. The Hall–Kier alpha value is -3.74. The first-order valence-electron chi connectivity index (χ1n) is 25.1. The first kappa shape index (κ1) is 43.5. The minimum Gasteiger partial charge on any atom is -0.364 e. The van der Waals surface area contributed by atoms with Crippen LogP contribution in [-0.2, 0) is 33.5 Å². The Balaban J connectivity index is 0.938. The molecule has 3 aromatic rings. The lowest BCUT2D eigenvalue weighted by atomic mass is 9.57. The number of rotatable bonds is 22. The number of fused-ring (bicyclic) bond motifs is 18. The van der Waals surface area contributed by atoms with E-state index < -0.39 is 47.1 Å². The molecule has 4 bridgehead atoms. The van der Waals surface area contributed by atoms with E-state index in [0.717, 1.165) is 47.9 Å². The predicted molar refractivity (Wildman–Crippen MR) is 244 cm³/mol. The molecule has 8 atom stereocenters. The Kier molecular flexibility index (Phi) is 12.7. The third-order valence-electron chi connectivity index (χ3n) is 16.3. The maximum Gasteiger partial charge on any atom is 0.170 e. The average molecular weight is 839 g/mol.